The molecule has 0 bridgehead atoms. The van der Waals surface area contributed by atoms with Gasteiger partial charge in [-0.15, -0.1) is 0 Å². The van der Waals surface area contributed by atoms with E-state index in [4.69, 9.17) is 41.6 Å². The van der Waals surface area contributed by atoms with E-state index in [0.717, 1.165) is 25.0 Å². The van der Waals surface area contributed by atoms with Gasteiger partial charge >= 0.3 is 17.9 Å². The van der Waals surface area contributed by atoms with Gasteiger partial charge in [-0.2, -0.15) is 4.98 Å². The third-order valence-corrected chi connectivity index (χ3v) is 13.9. The summed E-state index contributed by atoms with van der Waals surface area (Å²) < 4.78 is 95.8. The Morgan fingerprint density at radius 2 is 1.12 bits per heavy atom. The van der Waals surface area contributed by atoms with Gasteiger partial charge in [0.2, 0.25) is 11.8 Å². The number of fused-ring (bicyclic) bond motifs is 2. The normalized spacial score (nSPS) is 14.2. The summed E-state index contributed by atoms with van der Waals surface area (Å²) in [6.07, 6.45) is 1.72. The number of carboxylic acids is 1. The highest BCUT2D eigenvalue weighted by molar-refractivity contribution is 5.90. The van der Waals surface area contributed by atoms with Crippen molar-refractivity contribution in [3.63, 3.8) is 0 Å². The highest BCUT2D eigenvalue weighted by Crippen LogP contribution is 2.33. The molecule has 23 heteroatoms. The molecule has 0 spiro atoms. The third kappa shape index (κ3) is 12.7. The minimum Gasteiger partial charge on any atom is -0.477 e. The predicted molar refractivity (Wildman–Crippen MR) is 298 cm³/mol. The highest BCUT2D eigenvalue weighted by Gasteiger charge is 2.27. The van der Waals surface area contributed by atoms with Crippen molar-refractivity contribution in [3.05, 3.63) is 213 Å². The van der Waals surface area contributed by atoms with E-state index in [1.165, 1.54) is 61.7 Å². The van der Waals surface area contributed by atoms with Crippen LogP contribution in [0.25, 0.3) is 54.5 Å². The number of ether oxygens (including phenoxy) is 6. The van der Waals surface area contributed by atoms with E-state index >= 15 is 8.78 Å². The van der Waals surface area contributed by atoms with Gasteiger partial charge in [-0.25, -0.2) is 61.8 Å². The number of hydrogen-bond donors (Lipinski definition) is 1. The zero-order chi connectivity index (χ0) is 59.1. The first kappa shape index (κ1) is 56.3. The molecule has 85 heavy (non-hydrogen) atoms. The maximum Gasteiger partial charge on any atom is 0.356 e. The summed E-state index contributed by atoms with van der Waals surface area (Å²) in [6, 6.07) is 33.7. The number of aromatic carboxylic acids is 1. The number of imidazole rings is 2. The summed E-state index contributed by atoms with van der Waals surface area (Å²) in [7, 11) is 1.27. The maximum absolute atomic E-state index is 15.4. The molecule has 4 aromatic carbocycles. The quantitative estimate of drug-likeness (QED) is 0.0482. The molecule has 12 rings (SSSR count). The molecule has 2 fully saturated rings. The second kappa shape index (κ2) is 24.8. The lowest BCUT2D eigenvalue weighted by Gasteiger charge is -2.27. The fourth-order valence-corrected chi connectivity index (χ4v) is 9.12. The Kier molecular flexibility index (Phi) is 16.4. The molecule has 2 saturated heterocycles. The topological polar surface area (TPSA) is 206 Å². The molecule has 6 aromatic heterocycles. The Balaban J connectivity index is 0.000000177. The molecule has 8 heterocycles. The molecule has 19 nitrogen and oxygen atoms in total. The smallest absolute Gasteiger partial charge is 0.356 e. The molecule has 0 saturated carbocycles. The van der Waals surface area contributed by atoms with E-state index in [-0.39, 0.29) is 89.3 Å². The molecular weight excluding hydrogens is 1100 g/mol. The van der Waals surface area contributed by atoms with Crippen molar-refractivity contribution in [2.45, 2.75) is 57.8 Å². The van der Waals surface area contributed by atoms with Crippen molar-refractivity contribution in [2.75, 3.05) is 20.3 Å². The molecule has 10 aromatic rings. The number of aromatic nitrogens is 8. The Bertz CT molecular complexity index is 4290. The van der Waals surface area contributed by atoms with Crippen LogP contribution < -0.4 is 14.2 Å². The number of carbonyl (C=O) groups is 2. The molecule has 426 valence electrons. The summed E-state index contributed by atoms with van der Waals surface area (Å²) in [5.41, 5.74) is 5.05. The van der Waals surface area contributed by atoms with Gasteiger partial charge in [0.05, 0.1) is 56.9 Å². The fraction of sp³-hybridized carbons (Fsp3) is 0.194. The van der Waals surface area contributed by atoms with E-state index < -0.39 is 35.2 Å². The van der Waals surface area contributed by atoms with Crippen LogP contribution in [0.15, 0.2) is 133 Å². The first-order valence-corrected chi connectivity index (χ1v) is 26.4. The summed E-state index contributed by atoms with van der Waals surface area (Å²) >= 11 is 0. The predicted octanol–water partition coefficient (Wildman–Crippen LogP) is 12.2. The van der Waals surface area contributed by atoms with Gasteiger partial charge < -0.3 is 38.1 Å². The lowest BCUT2D eigenvalue weighted by atomic mass is 10.1. The molecule has 0 aliphatic carbocycles. The van der Waals surface area contributed by atoms with Gasteiger partial charge in [-0.05, 0) is 91.2 Å². The average molecular weight is 1150 g/mol. The zero-order valence-corrected chi connectivity index (χ0v) is 44.9. The Morgan fingerprint density at radius 3 is 1.65 bits per heavy atom. The first-order chi connectivity index (χ1) is 41.3. The van der Waals surface area contributed by atoms with Gasteiger partial charge in [-0.3, -0.25) is 4.57 Å². The van der Waals surface area contributed by atoms with Crippen LogP contribution in [0.4, 0.5) is 28.9 Å². The fourth-order valence-electron chi connectivity index (χ4n) is 9.12. The van der Waals surface area contributed by atoms with E-state index in [1.807, 2.05) is 0 Å². The van der Waals surface area contributed by atoms with Crippen LogP contribution in [0.5, 0.6) is 23.5 Å². The zero-order valence-electron chi connectivity index (χ0n) is 44.9. The molecule has 0 radical (unpaired) electrons. The number of hydrogen-bond acceptors (Lipinski definition) is 14. The van der Waals surface area contributed by atoms with Crippen LogP contribution in [0.2, 0.25) is 0 Å². The lowest BCUT2D eigenvalue weighted by molar-refractivity contribution is -0.0594. The van der Waals surface area contributed by atoms with E-state index in [2.05, 4.69) is 39.6 Å². The van der Waals surface area contributed by atoms with Gasteiger partial charge in [-0.1, -0.05) is 48.5 Å². The van der Waals surface area contributed by atoms with Crippen LogP contribution in [0, 0.1) is 36.4 Å². The van der Waals surface area contributed by atoms with Crippen LogP contribution in [-0.4, -0.2) is 88.6 Å². The van der Waals surface area contributed by atoms with Crippen molar-refractivity contribution >= 4 is 45.6 Å². The number of methoxy groups -OCH3 is 1. The van der Waals surface area contributed by atoms with Crippen LogP contribution in [0.3, 0.4) is 0 Å². The minimum atomic E-state index is -1.14. The number of pyridine rings is 4. The number of carboxylic acid groups (broad SMARTS) is 1. The molecule has 2 aliphatic rings. The monoisotopic (exact) mass is 1150 g/mol. The molecule has 0 amide bonds. The Labute approximate surface area is 481 Å². The van der Waals surface area contributed by atoms with Crippen LogP contribution in [0.1, 0.15) is 56.3 Å². The summed E-state index contributed by atoms with van der Waals surface area (Å²) in [6.45, 7) is 15.9. The number of halogens is 4. The van der Waals surface area contributed by atoms with Gasteiger partial charge in [0, 0.05) is 54.0 Å². The second-order valence-electron chi connectivity index (χ2n) is 19.4. The number of carbonyl (C=O) groups excluding carboxylic acids is 1. The van der Waals surface area contributed by atoms with Gasteiger partial charge in [0.1, 0.15) is 47.5 Å². The molecule has 1 N–H and O–H groups in total. The Morgan fingerprint density at radius 1 is 0.600 bits per heavy atom. The van der Waals surface area contributed by atoms with Crippen LogP contribution in [-0.2, 0) is 46.9 Å². The lowest BCUT2D eigenvalue weighted by Crippen LogP contribution is -2.32. The van der Waals surface area contributed by atoms with Gasteiger partial charge in [0.15, 0.2) is 45.6 Å². The SMILES string of the molecule is [C-]#[N+]c1ccc(COc2cccc(-c3ccc(Cc4nc5ccc(C(=O)O)nc5n4CC4CCO4)c(F)c3)n2)c(F)c1.[C-]#[N+]c1ccc(COc2cccc(-c3ccc(Oc4nc5ccc(C(=O)OC)nc5n4CC4CCO4)c(F)c3)n2)c(F)c1. The third-order valence-electron chi connectivity index (χ3n) is 13.9. The molecule has 2 atom stereocenters. The van der Waals surface area contributed by atoms with Gasteiger partial charge in [0.25, 0.3) is 0 Å². The average Bonchev–Trinajstić information content (AvgIpc) is 3.57. The van der Waals surface area contributed by atoms with Crippen molar-refractivity contribution in [1.82, 2.24) is 39.0 Å². The van der Waals surface area contributed by atoms with Crippen molar-refractivity contribution in [1.29, 1.82) is 0 Å². The summed E-state index contributed by atoms with van der Waals surface area (Å²) in [4.78, 5) is 56.6. The Hall–Kier alpha value is -10.6. The van der Waals surface area contributed by atoms with E-state index in [9.17, 15) is 23.5 Å². The number of esters is 1. The number of rotatable bonds is 18. The van der Waals surface area contributed by atoms with Crippen molar-refractivity contribution in [3.8, 4) is 46.0 Å². The van der Waals surface area contributed by atoms with Crippen LogP contribution >= 0.6 is 0 Å². The number of benzene rings is 4. The van der Waals surface area contributed by atoms with E-state index in [0.29, 0.717) is 82.5 Å². The van der Waals surface area contributed by atoms with E-state index in [1.54, 1.807) is 75.9 Å². The summed E-state index contributed by atoms with van der Waals surface area (Å²) in [5, 5.41) is 9.40. The molecule has 2 unspecified atom stereocenters. The second-order valence-corrected chi connectivity index (χ2v) is 19.4. The van der Waals surface area contributed by atoms with Crippen molar-refractivity contribution in [2.24, 2.45) is 0 Å². The summed E-state index contributed by atoms with van der Waals surface area (Å²) in [5.74, 6) is -3.00. The minimum absolute atomic E-state index is 0.0427. The maximum atomic E-state index is 15.4. The first-order valence-electron chi connectivity index (χ1n) is 26.4. The highest BCUT2D eigenvalue weighted by atomic mass is 19.1. The standard InChI is InChI=1S/C31H23F2N5O5.C31H23F2N5O4/c1-34-20-8-6-19(22(32)15-20)17-42-28-5-3-4-24(35-28)18-7-11-27(23(33)14-18)43-31-37-25-9-10-26(30(39)40-2)36-29(25)38(31)16-21-12-13-41-21;1-34-21-8-7-20(24(33)15-21)17-42-29-4-2-3-25(36-29)19-6-5-18(23(32)13-19)14-28-35-26-9-10-27(31(39)40)37-30(26)38(28)16-22-11-12-41-22/h3-11,14-15,21H,12-13,16-17H2,2H3;2-10,13,15,22H,11-12,14,16-17H2,(H,39,40). The van der Waals surface area contributed by atoms with Crippen molar-refractivity contribution < 1.29 is 60.7 Å². The largest absolute Gasteiger partial charge is 0.477 e. The molecule has 2 aliphatic heterocycles. The number of nitrogens with zero attached hydrogens (tertiary/aromatic N) is 10. The molecular formula is C62H46F4N10O9.